The van der Waals surface area contributed by atoms with Crippen molar-refractivity contribution in [1.29, 1.82) is 5.26 Å². The van der Waals surface area contributed by atoms with Crippen molar-refractivity contribution in [2.24, 2.45) is 0 Å². The van der Waals surface area contributed by atoms with E-state index in [1.54, 1.807) is 25.1 Å². The molecule has 0 aliphatic rings. The molecule has 0 radical (unpaired) electrons. The van der Waals surface area contributed by atoms with Crippen LogP contribution in [0.5, 0.6) is 11.5 Å². The minimum atomic E-state index is -0.408. The molecule has 1 heterocycles. The lowest BCUT2D eigenvalue weighted by atomic mass is 10.2. The Hall–Kier alpha value is -3.90. The third kappa shape index (κ3) is 5.83. The fraction of sp³-hybridized carbons (Fsp3) is 0.217. The fourth-order valence-corrected chi connectivity index (χ4v) is 3.80. The summed E-state index contributed by atoms with van der Waals surface area (Å²) in [5.74, 6) is 0.207. The van der Waals surface area contributed by atoms with Crippen LogP contribution >= 0.6 is 11.3 Å². The van der Waals surface area contributed by atoms with Crippen LogP contribution in [-0.4, -0.2) is 30.5 Å². The molecule has 0 aliphatic carbocycles. The molecule has 2 aromatic carbocycles. The Bertz CT molecular complexity index is 1140. The van der Waals surface area contributed by atoms with Gasteiger partial charge in [0, 0.05) is 18.1 Å². The van der Waals surface area contributed by atoms with Gasteiger partial charge in [0.05, 0.1) is 31.0 Å². The van der Waals surface area contributed by atoms with Crippen molar-refractivity contribution in [2.75, 3.05) is 13.7 Å². The Labute approximate surface area is 189 Å². The molecular formula is C23H22N4O4S. The number of hydrogen-bond acceptors (Lipinski definition) is 7. The van der Waals surface area contributed by atoms with Crippen LogP contribution in [0.25, 0.3) is 10.6 Å². The first-order valence-corrected chi connectivity index (χ1v) is 10.7. The van der Waals surface area contributed by atoms with E-state index in [4.69, 9.17) is 14.7 Å². The summed E-state index contributed by atoms with van der Waals surface area (Å²) < 4.78 is 10.8. The molecule has 8 nitrogen and oxygen atoms in total. The smallest absolute Gasteiger partial charge is 0.281 e. The van der Waals surface area contributed by atoms with E-state index in [9.17, 15) is 9.59 Å². The second-order valence-corrected chi connectivity index (χ2v) is 7.73. The number of benzene rings is 2. The number of carbonyl (C=O) groups excluding carboxylic acids is 2. The van der Waals surface area contributed by atoms with E-state index in [-0.39, 0.29) is 18.9 Å². The SMILES string of the molecule is COc1cc(C#N)ccc1OCCCC(=O)NNC(=O)c1sc(-c2ccccc2)nc1C. The lowest BCUT2D eigenvalue weighted by Crippen LogP contribution is -2.41. The second kappa shape index (κ2) is 10.9. The molecule has 2 N–H and O–H groups in total. The summed E-state index contributed by atoms with van der Waals surface area (Å²) >= 11 is 1.27. The third-order valence-electron chi connectivity index (χ3n) is 4.44. The number of amides is 2. The Morgan fingerprint density at radius 1 is 1.12 bits per heavy atom. The van der Waals surface area contributed by atoms with Crippen molar-refractivity contribution < 1.29 is 19.1 Å². The Balaban J connectivity index is 1.44. The zero-order valence-corrected chi connectivity index (χ0v) is 18.5. The van der Waals surface area contributed by atoms with Gasteiger partial charge in [0.15, 0.2) is 11.5 Å². The number of aryl methyl sites for hydroxylation is 1. The van der Waals surface area contributed by atoms with E-state index in [1.165, 1.54) is 18.4 Å². The van der Waals surface area contributed by atoms with Gasteiger partial charge >= 0.3 is 0 Å². The highest BCUT2D eigenvalue weighted by atomic mass is 32.1. The van der Waals surface area contributed by atoms with Crippen molar-refractivity contribution in [3.05, 3.63) is 64.7 Å². The van der Waals surface area contributed by atoms with Gasteiger partial charge in [0.1, 0.15) is 9.88 Å². The molecule has 0 saturated heterocycles. The first kappa shape index (κ1) is 22.8. The van der Waals surface area contributed by atoms with Gasteiger partial charge in [0.25, 0.3) is 5.91 Å². The molecule has 32 heavy (non-hydrogen) atoms. The van der Waals surface area contributed by atoms with Crippen molar-refractivity contribution in [2.45, 2.75) is 19.8 Å². The summed E-state index contributed by atoms with van der Waals surface area (Å²) in [6.07, 6.45) is 0.596. The summed E-state index contributed by atoms with van der Waals surface area (Å²) in [6.45, 7) is 2.03. The van der Waals surface area contributed by atoms with Crippen LogP contribution in [0.4, 0.5) is 0 Å². The Morgan fingerprint density at radius 3 is 2.62 bits per heavy atom. The first-order chi connectivity index (χ1) is 15.5. The number of hydrazine groups is 1. The fourth-order valence-electron chi connectivity index (χ4n) is 2.83. The summed E-state index contributed by atoms with van der Waals surface area (Å²) in [5.41, 5.74) is 6.86. The number of ether oxygens (including phenoxy) is 2. The van der Waals surface area contributed by atoms with Crippen LogP contribution in [0.2, 0.25) is 0 Å². The number of nitriles is 1. The molecule has 0 spiro atoms. The highest BCUT2D eigenvalue weighted by molar-refractivity contribution is 7.17. The van der Waals surface area contributed by atoms with Gasteiger partial charge in [-0.15, -0.1) is 11.3 Å². The number of hydrogen-bond donors (Lipinski definition) is 2. The number of aromatic nitrogens is 1. The second-order valence-electron chi connectivity index (χ2n) is 6.73. The van der Waals surface area contributed by atoms with Crippen LogP contribution in [-0.2, 0) is 4.79 Å². The highest BCUT2D eigenvalue weighted by Gasteiger charge is 2.16. The average Bonchev–Trinajstić information content (AvgIpc) is 3.22. The highest BCUT2D eigenvalue weighted by Crippen LogP contribution is 2.28. The predicted molar refractivity (Wildman–Crippen MR) is 120 cm³/mol. The van der Waals surface area contributed by atoms with E-state index < -0.39 is 5.91 Å². The number of rotatable bonds is 8. The monoisotopic (exact) mass is 450 g/mol. The van der Waals surface area contributed by atoms with Crippen molar-refractivity contribution in [3.8, 4) is 28.1 Å². The van der Waals surface area contributed by atoms with E-state index in [0.717, 1.165) is 10.6 Å². The molecular weight excluding hydrogens is 428 g/mol. The molecule has 2 amide bonds. The molecule has 0 fully saturated rings. The summed E-state index contributed by atoms with van der Waals surface area (Å²) in [6, 6.07) is 16.5. The van der Waals surface area contributed by atoms with Crippen LogP contribution < -0.4 is 20.3 Å². The predicted octanol–water partition coefficient (Wildman–Crippen LogP) is 3.62. The minimum absolute atomic E-state index is 0.163. The lowest BCUT2D eigenvalue weighted by Gasteiger charge is -2.11. The van der Waals surface area contributed by atoms with Gasteiger partial charge < -0.3 is 9.47 Å². The quantitative estimate of drug-likeness (QED) is 0.400. The zero-order chi connectivity index (χ0) is 22.9. The van der Waals surface area contributed by atoms with Gasteiger partial charge in [-0.2, -0.15) is 5.26 Å². The summed E-state index contributed by atoms with van der Waals surface area (Å²) in [4.78, 5) is 29.4. The standard InChI is InChI=1S/C23H22N4O4S/c1-15-21(32-23(25-15)17-7-4-3-5-8-17)22(29)27-26-20(28)9-6-12-31-18-11-10-16(14-24)13-19(18)30-2/h3-5,7-8,10-11,13H,6,9,12H2,1-2H3,(H,26,28)(H,27,29). The molecule has 9 heteroatoms. The third-order valence-corrected chi connectivity index (χ3v) is 5.64. The number of carbonyl (C=O) groups is 2. The van der Waals surface area contributed by atoms with Crippen molar-refractivity contribution >= 4 is 23.2 Å². The molecule has 164 valence electrons. The maximum absolute atomic E-state index is 12.4. The molecule has 0 unspecified atom stereocenters. The molecule has 0 saturated carbocycles. The molecule has 0 aliphatic heterocycles. The number of methoxy groups -OCH3 is 1. The van der Waals surface area contributed by atoms with Crippen LogP contribution in [0, 0.1) is 18.3 Å². The number of nitrogens with one attached hydrogen (secondary N) is 2. The van der Waals surface area contributed by atoms with Crippen LogP contribution in [0.3, 0.4) is 0 Å². The summed E-state index contributed by atoms with van der Waals surface area (Å²) in [7, 11) is 1.49. The minimum Gasteiger partial charge on any atom is -0.493 e. The Kier molecular flexibility index (Phi) is 7.78. The van der Waals surface area contributed by atoms with Crippen molar-refractivity contribution in [1.82, 2.24) is 15.8 Å². The molecule has 0 atom stereocenters. The van der Waals surface area contributed by atoms with Gasteiger partial charge in [0.2, 0.25) is 5.91 Å². The first-order valence-electron chi connectivity index (χ1n) is 9.84. The van der Waals surface area contributed by atoms with Crippen LogP contribution in [0.1, 0.15) is 33.8 Å². The van der Waals surface area contributed by atoms with E-state index >= 15 is 0 Å². The zero-order valence-electron chi connectivity index (χ0n) is 17.7. The maximum atomic E-state index is 12.4. The molecule has 3 rings (SSSR count). The molecule has 0 bridgehead atoms. The lowest BCUT2D eigenvalue weighted by molar-refractivity contribution is -0.122. The largest absolute Gasteiger partial charge is 0.493 e. The Morgan fingerprint density at radius 2 is 1.91 bits per heavy atom. The van der Waals surface area contributed by atoms with Crippen LogP contribution in [0.15, 0.2) is 48.5 Å². The molecule has 3 aromatic rings. The average molecular weight is 451 g/mol. The van der Waals surface area contributed by atoms with E-state index in [0.29, 0.717) is 34.1 Å². The number of thiazole rings is 1. The van der Waals surface area contributed by atoms with Gasteiger partial charge in [-0.05, 0) is 25.5 Å². The van der Waals surface area contributed by atoms with Crippen molar-refractivity contribution in [3.63, 3.8) is 0 Å². The summed E-state index contributed by atoms with van der Waals surface area (Å²) in [5, 5.41) is 9.68. The van der Waals surface area contributed by atoms with Gasteiger partial charge in [-0.25, -0.2) is 4.98 Å². The topological polar surface area (TPSA) is 113 Å². The van der Waals surface area contributed by atoms with Gasteiger partial charge in [-0.3, -0.25) is 20.4 Å². The molecule has 1 aromatic heterocycles. The van der Waals surface area contributed by atoms with Gasteiger partial charge in [-0.1, -0.05) is 30.3 Å². The van der Waals surface area contributed by atoms with E-state index in [2.05, 4.69) is 15.8 Å². The van der Waals surface area contributed by atoms with E-state index in [1.807, 2.05) is 36.4 Å². The number of nitrogens with zero attached hydrogens (tertiary/aromatic N) is 2. The maximum Gasteiger partial charge on any atom is 0.281 e. The normalized spacial score (nSPS) is 10.2.